The third-order valence-electron chi connectivity index (χ3n) is 3.11. The van der Waals surface area contributed by atoms with E-state index >= 15 is 0 Å². The molecule has 1 aliphatic heterocycles. The van der Waals surface area contributed by atoms with Gasteiger partial charge in [-0.3, -0.25) is 4.90 Å². The van der Waals surface area contributed by atoms with Crippen LogP contribution in [0.2, 0.25) is 0 Å². The van der Waals surface area contributed by atoms with Gasteiger partial charge in [0.15, 0.2) is 0 Å². The van der Waals surface area contributed by atoms with Crippen molar-refractivity contribution in [2.45, 2.75) is 33.0 Å². The average Bonchev–Trinajstić information content (AvgIpc) is 2.60. The van der Waals surface area contributed by atoms with Crippen molar-refractivity contribution in [1.82, 2.24) is 10.2 Å². The standard InChI is InChI=1S/C13H22N2O2/c1-10-6-12(17-13(10)7-14-3)9-15-4-5-16-11(2)8-15/h6,11,14H,4-5,7-9H2,1-3H3. The number of furan rings is 1. The van der Waals surface area contributed by atoms with Gasteiger partial charge in [-0.15, -0.1) is 0 Å². The Kier molecular flexibility index (Phi) is 4.20. The van der Waals surface area contributed by atoms with Crippen LogP contribution in [-0.2, 0) is 17.8 Å². The van der Waals surface area contributed by atoms with Crippen LogP contribution in [0.3, 0.4) is 0 Å². The zero-order valence-electron chi connectivity index (χ0n) is 11.0. The molecule has 1 aromatic heterocycles. The average molecular weight is 238 g/mol. The van der Waals surface area contributed by atoms with Gasteiger partial charge in [-0.25, -0.2) is 0 Å². The van der Waals surface area contributed by atoms with Crippen molar-refractivity contribution in [2.75, 3.05) is 26.7 Å². The van der Waals surface area contributed by atoms with Crippen molar-refractivity contribution in [1.29, 1.82) is 0 Å². The Morgan fingerprint density at radius 3 is 3.06 bits per heavy atom. The second kappa shape index (κ2) is 5.67. The van der Waals surface area contributed by atoms with Gasteiger partial charge < -0.3 is 14.5 Å². The minimum absolute atomic E-state index is 0.330. The molecule has 0 saturated carbocycles. The summed E-state index contributed by atoms with van der Waals surface area (Å²) in [4.78, 5) is 2.38. The molecule has 17 heavy (non-hydrogen) atoms. The number of aryl methyl sites for hydroxylation is 1. The van der Waals surface area contributed by atoms with Crippen LogP contribution in [0.1, 0.15) is 24.0 Å². The van der Waals surface area contributed by atoms with Crippen LogP contribution in [0.25, 0.3) is 0 Å². The fourth-order valence-electron chi connectivity index (χ4n) is 2.26. The van der Waals surface area contributed by atoms with E-state index in [0.29, 0.717) is 6.10 Å². The summed E-state index contributed by atoms with van der Waals surface area (Å²) in [7, 11) is 1.94. The van der Waals surface area contributed by atoms with Crippen LogP contribution in [0.4, 0.5) is 0 Å². The van der Waals surface area contributed by atoms with E-state index < -0.39 is 0 Å². The van der Waals surface area contributed by atoms with Gasteiger partial charge in [0.25, 0.3) is 0 Å². The van der Waals surface area contributed by atoms with Crippen LogP contribution in [0.5, 0.6) is 0 Å². The lowest BCUT2D eigenvalue weighted by atomic mass is 10.2. The quantitative estimate of drug-likeness (QED) is 0.863. The van der Waals surface area contributed by atoms with Crippen LogP contribution in [-0.4, -0.2) is 37.7 Å². The molecule has 4 heteroatoms. The highest BCUT2D eigenvalue weighted by Gasteiger charge is 2.18. The van der Waals surface area contributed by atoms with Crippen molar-refractivity contribution >= 4 is 0 Å². The van der Waals surface area contributed by atoms with E-state index in [2.05, 4.69) is 30.1 Å². The number of ether oxygens (including phenoxy) is 1. The van der Waals surface area contributed by atoms with E-state index in [0.717, 1.165) is 44.3 Å². The first-order valence-corrected chi connectivity index (χ1v) is 6.25. The summed E-state index contributed by atoms with van der Waals surface area (Å²) in [6.07, 6.45) is 0.330. The highest BCUT2D eigenvalue weighted by molar-refractivity contribution is 5.20. The molecule has 2 rings (SSSR count). The Morgan fingerprint density at radius 2 is 2.35 bits per heavy atom. The van der Waals surface area contributed by atoms with Crippen LogP contribution >= 0.6 is 0 Å². The smallest absolute Gasteiger partial charge is 0.120 e. The number of hydrogen-bond donors (Lipinski definition) is 1. The van der Waals surface area contributed by atoms with E-state index in [1.165, 1.54) is 5.56 Å². The molecular weight excluding hydrogens is 216 g/mol. The predicted octanol–water partition coefficient (Wildman–Crippen LogP) is 1.53. The minimum atomic E-state index is 0.330. The molecule has 0 radical (unpaired) electrons. The number of nitrogens with one attached hydrogen (secondary N) is 1. The van der Waals surface area contributed by atoms with E-state index in [9.17, 15) is 0 Å². The first-order valence-electron chi connectivity index (χ1n) is 6.25. The molecule has 4 nitrogen and oxygen atoms in total. The number of rotatable bonds is 4. The fraction of sp³-hybridized carbons (Fsp3) is 0.692. The van der Waals surface area contributed by atoms with E-state index in [1.807, 2.05) is 7.05 Å². The van der Waals surface area contributed by atoms with Crippen molar-refractivity contribution in [3.63, 3.8) is 0 Å². The topological polar surface area (TPSA) is 37.6 Å². The van der Waals surface area contributed by atoms with E-state index in [-0.39, 0.29) is 0 Å². The maximum atomic E-state index is 5.85. The molecule has 0 bridgehead atoms. The molecule has 1 aliphatic rings. The normalized spacial score (nSPS) is 21.9. The summed E-state index contributed by atoms with van der Waals surface area (Å²) in [5.74, 6) is 2.10. The molecule has 1 fully saturated rings. The molecule has 0 amide bonds. The van der Waals surface area contributed by atoms with Gasteiger partial charge in [0, 0.05) is 13.1 Å². The Balaban J connectivity index is 1.95. The highest BCUT2D eigenvalue weighted by Crippen LogP contribution is 2.17. The highest BCUT2D eigenvalue weighted by atomic mass is 16.5. The first kappa shape index (κ1) is 12.6. The Bertz CT molecular complexity index is 362. The lowest BCUT2D eigenvalue weighted by molar-refractivity contribution is -0.0231. The van der Waals surface area contributed by atoms with Crippen molar-refractivity contribution < 1.29 is 9.15 Å². The minimum Gasteiger partial charge on any atom is -0.463 e. The molecule has 0 aromatic carbocycles. The zero-order chi connectivity index (χ0) is 12.3. The Labute approximate surface area is 103 Å². The summed E-state index contributed by atoms with van der Waals surface area (Å²) >= 11 is 0. The van der Waals surface area contributed by atoms with E-state index in [1.54, 1.807) is 0 Å². The monoisotopic (exact) mass is 238 g/mol. The van der Waals surface area contributed by atoms with Crippen molar-refractivity contribution in [2.24, 2.45) is 0 Å². The molecule has 96 valence electrons. The van der Waals surface area contributed by atoms with Gasteiger partial charge in [-0.2, -0.15) is 0 Å². The zero-order valence-corrected chi connectivity index (χ0v) is 11.0. The molecule has 1 saturated heterocycles. The summed E-state index contributed by atoms with van der Waals surface area (Å²) in [6.45, 7) is 8.70. The maximum Gasteiger partial charge on any atom is 0.120 e. The van der Waals surface area contributed by atoms with Crippen LogP contribution < -0.4 is 5.32 Å². The van der Waals surface area contributed by atoms with Crippen LogP contribution in [0, 0.1) is 6.92 Å². The van der Waals surface area contributed by atoms with Crippen LogP contribution in [0.15, 0.2) is 10.5 Å². The summed E-state index contributed by atoms with van der Waals surface area (Å²) in [5, 5.41) is 3.12. The SMILES string of the molecule is CNCc1oc(CN2CCOC(C)C2)cc1C. The lowest BCUT2D eigenvalue weighted by Gasteiger charge is -2.30. The summed E-state index contributed by atoms with van der Waals surface area (Å²) in [6, 6.07) is 2.15. The molecule has 1 atom stereocenters. The number of morpholine rings is 1. The molecule has 0 spiro atoms. The van der Waals surface area contributed by atoms with Gasteiger partial charge in [0.2, 0.25) is 0 Å². The summed E-state index contributed by atoms with van der Waals surface area (Å²) in [5.41, 5.74) is 1.23. The van der Waals surface area contributed by atoms with Gasteiger partial charge in [0.05, 0.1) is 25.8 Å². The van der Waals surface area contributed by atoms with Gasteiger partial charge in [-0.1, -0.05) is 0 Å². The Morgan fingerprint density at radius 1 is 1.53 bits per heavy atom. The molecule has 0 aliphatic carbocycles. The molecule has 2 heterocycles. The van der Waals surface area contributed by atoms with Crippen molar-refractivity contribution in [3.8, 4) is 0 Å². The molecule has 1 N–H and O–H groups in total. The predicted molar refractivity (Wildman–Crippen MR) is 66.9 cm³/mol. The third-order valence-corrected chi connectivity index (χ3v) is 3.11. The molecule has 1 unspecified atom stereocenters. The van der Waals surface area contributed by atoms with E-state index in [4.69, 9.17) is 9.15 Å². The molecule has 1 aromatic rings. The van der Waals surface area contributed by atoms with Crippen molar-refractivity contribution in [3.05, 3.63) is 23.2 Å². The lowest BCUT2D eigenvalue weighted by Crippen LogP contribution is -2.40. The second-order valence-electron chi connectivity index (χ2n) is 4.77. The molecular formula is C13H22N2O2. The number of hydrogen-bond acceptors (Lipinski definition) is 4. The largest absolute Gasteiger partial charge is 0.463 e. The third kappa shape index (κ3) is 3.31. The second-order valence-corrected chi connectivity index (χ2v) is 4.77. The fourth-order valence-corrected chi connectivity index (χ4v) is 2.26. The maximum absolute atomic E-state index is 5.85. The number of nitrogens with zero attached hydrogens (tertiary/aromatic N) is 1. The van der Waals surface area contributed by atoms with Gasteiger partial charge >= 0.3 is 0 Å². The first-order chi connectivity index (χ1) is 8.19. The van der Waals surface area contributed by atoms with Gasteiger partial charge in [-0.05, 0) is 32.5 Å². The van der Waals surface area contributed by atoms with Gasteiger partial charge in [0.1, 0.15) is 11.5 Å². The summed E-state index contributed by atoms with van der Waals surface area (Å²) < 4.78 is 11.4. The Hall–Kier alpha value is -0.840.